The molecule has 0 aliphatic carbocycles. The Hall–Kier alpha value is -1.02. The highest BCUT2D eigenvalue weighted by Gasteiger charge is 2.27. The minimum absolute atomic E-state index is 0.208. The summed E-state index contributed by atoms with van der Waals surface area (Å²) in [5, 5.41) is 0. The highest BCUT2D eigenvalue weighted by molar-refractivity contribution is 5.43. The summed E-state index contributed by atoms with van der Waals surface area (Å²) in [7, 11) is 0. The fourth-order valence-electron chi connectivity index (χ4n) is 1.78. The molecule has 2 rings (SSSR count). The molecule has 0 amide bonds. The van der Waals surface area contributed by atoms with Crippen LogP contribution in [0.5, 0.6) is 5.75 Å². The topological polar surface area (TPSA) is 35.2 Å². The Labute approximate surface area is 78.7 Å². The summed E-state index contributed by atoms with van der Waals surface area (Å²) < 4.78 is 5.64. The van der Waals surface area contributed by atoms with E-state index in [4.69, 9.17) is 10.5 Å². The van der Waals surface area contributed by atoms with Crippen molar-refractivity contribution in [1.82, 2.24) is 0 Å². The van der Waals surface area contributed by atoms with E-state index in [0.29, 0.717) is 6.61 Å². The first-order chi connectivity index (χ1) is 6.08. The van der Waals surface area contributed by atoms with Crippen molar-refractivity contribution in [3.05, 3.63) is 29.3 Å². The molecule has 0 saturated heterocycles. The van der Waals surface area contributed by atoms with Crippen LogP contribution in [0.4, 0.5) is 0 Å². The number of hydrogen-bond acceptors (Lipinski definition) is 2. The molecule has 0 spiro atoms. The summed E-state index contributed by atoms with van der Waals surface area (Å²) in [5.41, 5.74) is 8.24. The lowest BCUT2D eigenvalue weighted by Gasteiger charge is -2.32. The van der Waals surface area contributed by atoms with Crippen molar-refractivity contribution in [2.45, 2.75) is 25.8 Å². The van der Waals surface area contributed by atoms with E-state index in [0.717, 1.165) is 12.2 Å². The van der Waals surface area contributed by atoms with Gasteiger partial charge in [0.05, 0.1) is 5.54 Å². The Morgan fingerprint density at radius 1 is 1.46 bits per heavy atom. The second-order valence-electron chi connectivity index (χ2n) is 4.18. The molecule has 0 bridgehead atoms. The van der Waals surface area contributed by atoms with Crippen molar-refractivity contribution in [1.29, 1.82) is 0 Å². The Balaban J connectivity index is 2.42. The van der Waals surface area contributed by atoms with Gasteiger partial charge in [0.25, 0.3) is 0 Å². The van der Waals surface area contributed by atoms with Crippen LogP contribution in [0, 0.1) is 6.92 Å². The maximum Gasteiger partial charge on any atom is 0.125 e. The first kappa shape index (κ1) is 8.57. The van der Waals surface area contributed by atoms with Gasteiger partial charge in [-0.1, -0.05) is 18.2 Å². The predicted molar refractivity (Wildman–Crippen MR) is 53.0 cm³/mol. The van der Waals surface area contributed by atoms with Gasteiger partial charge >= 0.3 is 0 Å². The van der Waals surface area contributed by atoms with Gasteiger partial charge in [0.15, 0.2) is 0 Å². The third-order valence-electron chi connectivity index (χ3n) is 2.43. The van der Waals surface area contributed by atoms with E-state index in [1.54, 1.807) is 0 Å². The molecule has 0 aromatic heterocycles. The molecule has 2 nitrogen and oxygen atoms in total. The number of para-hydroxylation sites is 1. The Bertz CT molecular complexity index is 331. The molecule has 1 aromatic rings. The van der Waals surface area contributed by atoms with Crippen LogP contribution < -0.4 is 10.5 Å². The van der Waals surface area contributed by atoms with Gasteiger partial charge in [0, 0.05) is 0 Å². The SMILES string of the molecule is Cc1cccc2c1OCC(C)(N)C2. The van der Waals surface area contributed by atoms with Crippen LogP contribution in [0.15, 0.2) is 18.2 Å². The van der Waals surface area contributed by atoms with Gasteiger partial charge in [-0.3, -0.25) is 0 Å². The molecule has 70 valence electrons. The summed E-state index contributed by atoms with van der Waals surface area (Å²) in [4.78, 5) is 0. The molecule has 1 heterocycles. The lowest BCUT2D eigenvalue weighted by atomic mass is 9.91. The van der Waals surface area contributed by atoms with Crippen molar-refractivity contribution in [2.24, 2.45) is 5.73 Å². The molecular weight excluding hydrogens is 162 g/mol. The zero-order chi connectivity index (χ0) is 9.47. The highest BCUT2D eigenvalue weighted by Crippen LogP contribution is 2.30. The molecule has 2 N–H and O–H groups in total. The molecule has 1 aliphatic rings. The van der Waals surface area contributed by atoms with Crippen LogP contribution in [-0.4, -0.2) is 12.1 Å². The predicted octanol–water partition coefficient (Wildman–Crippen LogP) is 1.65. The molecule has 13 heavy (non-hydrogen) atoms. The monoisotopic (exact) mass is 177 g/mol. The van der Waals surface area contributed by atoms with E-state index >= 15 is 0 Å². The molecule has 0 saturated carbocycles. The van der Waals surface area contributed by atoms with Crippen molar-refractivity contribution >= 4 is 0 Å². The highest BCUT2D eigenvalue weighted by atomic mass is 16.5. The molecule has 2 heteroatoms. The van der Waals surface area contributed by atoms with Gasteiger partial charge in [-0.05, 0) is 31.4 Å². The normalized spacial score (nSPS) is 26.4. The first-order valence-corrected chi connectivity index (χ1v) is 4.59. The number of benzene rings is 1. The van der Waals surface area contributed by atoms with Crippen molar-refractivity contribution < 1.29 is 4.74 Å². The number of rotatable bonds is 0. The second kappa shape index (κ2) is 2.74. The number of nitrogens with two attached hydrogens (primary N) is 1. The van der Waals surface area contributed by atoms with Crippen molar-refractivity contribution in [3.63, 3.8) is 0 Å². The summed E-state index contributed by atoms with van der Waals surface area (Å²) in [6, 6.07) is 6.21. The van der Waals surface area contributed by atoms with Gasteiger partial charge < -0.3 is 10.5 Å². The first-order valence-electron chi connectivity index (χ1n) is 4.59. The molecule has 1 unspecified atom stereocenters. The minimum Gasteiger partial charge on any atom is -0.491 e. The van der Waals surface area contributed by atoms with Crippen LogP contribution in [0.3, 0.4) is 0 Å². The van der Waals surface area contributed by atoms with Gasteiger partial charge in [0.1, 0.15) is 12.4 Å². The van der Waals surface area contributed by atoms with E-state index in [9.17, 15) is 0 Å². The molecule has 1 atom stereocenters. The smallest absolute Gasteiger partial charge is 0.125 e. The average Bonchev–Trinajstić information content (AvgIpc) is 2.02. The lowest BCUT2D eigenvalue weighted by Crippen LogP contribution is -2.47. The van der Waals surface area contributed by atoms with E-state index in [1.165, 1.54) is 11.1 Å². The maximum absolute atomic E-state index is 6.02. The minimum atomic E-state index is -0.208. The van der Waals surface area contributed by atoms with Crippen LogP contribution in [0.2, 0.25) is 0 Å². The third-order valence-corrected chi connectivity index (χ3v) is 2.43. The zero-order valence-electron chi connectivity index (χ0n) is 8.13. The lowest BCUT2D eigenvalue weighted by molar-refractivity contribution is 0.203. The Morgan fingerprint density at radius 2 is 2.23 bits per heavy atom. The second-order valence-corrected chi connectivity index (χ2v) is 4.18. The molecule has 0 fully saturated rings. The van der Waals surface area contributed by atoms with E-state index in [-0.39, 0.29) is 5.54 Å². The third kappa shape index (κ3) is 1.54. The van der Waals surface area contributed by atoms with E-state index < -0.39 is 0 Å². The fraction of sp³-hybridized carbons (Fsp3) is 0.455. The summed E-state index contributed by atoms with van der Waals surface area (Å²) in [6.45, 7) is 4.71. The maximum atomic E-state index is 6.02. The van der Waals surface area contributed by atoms with Gasteiger partial charge in [0.2, 0.25) is 0 Å². The fourth-order valence-corrected chi connectivity index (χ4v) is 1.78. The van der Waals surface area contributed by atoms with Crippen LogP contribution in [0.1, 0.15) is 18.1 Å². The van der Waals surface area contributed by atoms with Crippen LogP contribution >= 0.6 is 0 Å². The van der Waals surface area contributed by atoms with E-state index in [2.05, 4.69) is 25.1 Å². The molecule has 0 radical (unpaired) electrons. The number of fused-ring (bicyclic) bond motifs is 1. The summed E-state index contributed by atoms with van der Waals surface area (Å²) in [6.07, 6.45) is 0.907. The Morgan fingerprint density at radius 3 is 3.00 bits per heavy atom. The molecule has 1 aromatic carbocycles. The van der Waals surface area contributed by atoms with Crippen LogP contribution in [-0.2, 0) is 6.42 Å². The Kier molecular flexibility index (Phi) is 1.81. The van der Waals surface area contributed by atoms with Crippen molar-refractivity contribution in [3.8, 4) is 5.75 Å². The van der Waals surface area contributed by atoms with Gasteiger partial charge in [-0.2, -0.15) is 0 Å². The number of ether oxygens (including phenoxy) is 1. The number of hydrogen-bond donors (Lipinski definition) is 1. The standard InChI is InChI=1S/C11H15NO/c1-8-4-3-5-9-6-11(2,12)7-13-10(8)9/h3-5H,6-7,12H2,1-2H3. The van der Waals surface area contributed by atoms with Crippen molar-refractivity contribution in [2.75, 3.05) is 6.61 Å². The zero-order valence-corrected chi connectivity index (χ0v) is 8.13. The largest absolute Gasteiger partial charge is 0.491 e. The van der Waals surface area contributed by atoms with E-state index in [1.807, 2.05) is 6.92 Å². The quantitative estimate of drug-likeness (QED) is 0.654. The number of aryl methyl sites for hydroxylation is 1. The van der Waals surface area contributed by atoms with Crippen LogP contribution in [0.25, 0.3) is 0 Å². The van der Waals surface area contributed by atoms with Gasteiger partial charge in [-0.25, -0.2) is 0 Å². The van der Waals surface area contributed by atoms with Gasteiger partial charge in [-0.15, -0.1) is 0 Å². The molecular formula is C11H15NO. The summed E-state index contributed by atoms with van der Waals surface area (Å²) in [5.74, 6) is 1.03. The molecule has 1 aliphatic heterocycles. The summed E-state index contributed by atoms with van der Waals surface area (Å²) >= 11 is 0. The average molecular weight is 177 g/mol.